The average Bonchev–Trinajstić information content (AvgIpc) is 3.04. The number of esters is 1. The predicted molar refractivity (Wildman–Crippen MR) is 98.0 cm³/mol. The Hall–Kier alpha value is -2.08. The molecular formula is C19H23ClN2O4. The highest BCUT2D eigenvalue weighted by molar-refractivity contribution is 6.31. The Bertz CT molecular complexity index is 728. The zero-order valence-electron chi connectivity index (χ0n) is 15.0. The Morgan fingerprint density at radius 1 is 1.19 bits per heavy atom. The van der Waals surface area contributed by atoms with E-state index >= 15 is 0 Å². The van der Waals surface area contributed by atoms with Crippen LogP contribution in [0.2, 0.25) is 5.02 Å². The number of rotatable bonds is 3. The number of ether oxygens (including phenoxy) is 1. The molecule has 0 unspecified atom stereocenters. The van der Waals surface area contributed by atoms with Crippen molar-refractivity contribution in [3.05, 3.63) is 28.8 Å². The summed E-state index contributed by atoms with van der Waals surface area (Å²) in [5, 5.41) is 0.606. The van der Waals surface area contributed by atoms with Gasteiger partial charge in [-0.2, -0.15) is 0 Å². The lowest BCUT2D eigenvalue weighted by molar-refractivity contribution is -0.149. The van der Waals surface area contributed by atoms with Crippen LogP contribution in [0, 0.1) is 18.8 Å². The molecule has 0 radical (unpaired) electrons. The Kier molecular flexibility index (Phi) is 5.51. The minimum absolute atomic E-state index is 0.0117. The third-order valence-corrected chi connectivity index (χ3v) is 5.69. The van der Waals surface area contributed by atoms with Crippen LogP contribution in [0.3, 0.4) is 0 Å². The summed E-state index contributed by atoms with van der Waals surface area (Å²) >= 11 is 6.16. The fraction of sp³-hybridized carbons (Fsp3) is 0.526. The highest BCUT2D eigenvalue weighted by Crippen LogP contribution is 2.30. The molecule has 2 aliphatic heterocycles. The van der Waals surface area contributed by atoms with E-state index in [9.17, 15) is 14.4 Å². The molecule has 1 atom stereocenters. The lowest BCUT2D eigenvalue weighted by atomic mass is 9.95. The molecule has 2 heterocycles. The maximum absolute atomic E-state index is 12.8. The van der Waals surface area contributed by atoms with Crippen molar-refractivity contribution in [3.63, 3.8) is 0 Å². The van der Waals surface area contributed by atoms with Crippen LogP contribution in [0.5, 0.6) is 0 Å². The molecular weight excluding hydrogens is 356 g/mol. The fourth-order valence-electron chi connectivity index (χ4n) is 3.63. The first-order chi connectivity index (χ1) is 12.4. The molecule has 6 nitrogen and oxygen atoms in total. The summed E-state index contributed by atoms with van der Waals surface area (Å²) in [5.41, 5.74) is 1.67. The second-order valence-corrected chi connectivity index (χ2v) is 7.37. The van der Waals surface area contributed by atoms with Crippen LogP contribution in [0.25, 0.3) is 0 Å². The van der Waals surface area contributed by atoms with Crippen LogP contribution < -0.4 is 4.90 Å². The Morgan fingerprint density at radius 3 is 2.50 bits per heavy atom. The van der Waals surface area contributed by atoms with Gasteiger partial charge in [-0.3, -0.25) is 14.4 Å². The molecule has 2 amide bonds. The number of halogens is 1. The van der Waals surface area contributed by atoms with Crippen LogP contribution in [-0.4, -0.2) is 49.4 Å². The molecule has 0 spiro atoms. The van der Waals surface area contributed by atoms with Crippen molar-refractivity contribution in [2.75, 3.05) is 31.6 Å². The van der Waals surface area contributed by atoms with E-state index in [4.69, 9.17) is 16.3 Å². The summed E-state index contributed by atoms with van der Waals surface area (Å²) in [5.74, 6) is -0.775. The van der Waals surface area contributed by atoms with Crippen LogP contribution >= 0.6 is 11.6 Å². The standard InChI is InChI=1S/C19H23ClN2O4/c1-12-3-4-15(10-16(12)20)22-11-14(9-17(22)23)18(24)21-7-5-13(6-8-21)19(25)26-2/h3-4,10,13-14H,5-9,11H2,1-2H3/t14-/m0/s1. The monoisotopic (exact) mass is 378 g/mol. The largest absolute Gasteiger partial charge is 0.469 e. The molecule has 7 heteroatoms. The van der Waals surface area contributed by atoms with E-state index in [1.165, 1.54) is 7.11 Å². The minimum atomic E-state index is -0.350. The quantitative estimate of drug-likeness (QED) is 0.757. The van der Waals surface area contributed by atoms with E-state index < -0.39 is 0 Å². The number of likely N-dealkylation sites (tertiary alicyclic amines) is 1. The van der Waals surface area contributed by atoms with Gasteiger partial charge >= 0.3 is 5.97 Å². The molecule has 0 saturated carbocycles. The van der Waals surface area contributed by atoms with Gasteiger partial charge in [0.15, 0.2) is 0 Å². The summed E-state index contributed by atoms with van der Waals surface area (Å²) < 4.78 is 4.78. The second-order valence-electron chi connectivity index (χ2n) is 6.96. The maximum Gasteiger partial charge on any atom is 0.308 e. The van der Waals surface area contributed by atoms with Gasteiger partial charge in [-0.05, 0) is 37.5 Å². The molecule has 2 fully saturated rings. The number of aryl methyl sites for hydroxylation is 1. The summed E-state index contributed by atoms with van der Waals surface area (Å²) in [6, 6.07) is 5.50. The van der Waals surface area contributed by atoms with Crippen LogP contribution in [0.15, 0.2) is 18.2 Å². The SMILES string of the molecule is COC(=O)C1CCN(C(=O)[C@H]2CC(=O)N(c3ccc(C)c(Cl)c3)C2)CC1. The van der Waals surface area contributed by atoms with E-state index in [1.807, 2.05) is 19.1 Å². The van der Waals surface area contributed by atoms with Crippen molar-refractivity contribution in [2.45, 2.75) is 26.2 Å². The smallest absolute Gasteiger partial charge is 0.308 e. The number of hydrogen-bond donors (Lipinski definition) is 0. The Morgan fingerprint density at radius 2 is 1.88 bits per heavy atom. The molecule has 140 valence electrons. The first kappa shape index (κ1) is 18.7. The molecule has 3 rings (SSSR count). The molecule has 0 aliphatic carbocycles. The first-order valence-corrected chi connectivity index (χ1v) is 9.21. The molecule has 1 aromatic carbocycles. The van der Waals surface area contributed by atoms with Gasteiger partial charge in [0.1, 0.15) is 0 Å². The number of methoxy groups -OCH3 is 1. The number of benzene rings is 1. The second kappa shape index (κ2) is 7.66. The normalized spacial score (nSPS) is 21.2. The van der Waals surface area contributed by atoms with Crippen molar-refractivity contribution in [1.29, 1.82) is 0 Å². The highest BCUT2D eigenvalue weighted by Gasteiger charge is 2.38. The number of nitrogens with zero attached hydrogens (tertiary/aromatic N) is 2. The zero-order chi connectivity index (χ0) is 18.8. The maximum atomic E-state index is 12.8. The van der Waals surface area contributed by atoms with Crippen LogP contribution in [0.4, 0.5) is 5.69 Å². The summed E-state index contributed by atoms with van der Waals surface area (Å²) in [4.78, 5) is 40.2. The summed E-state index contributed by atoms with van der Waals surface area (Å²) in [6.07, 6.45) is 1.42. The van der Waals surface area contributed by atoms with E-state index in [1.54, 1.807) is 15.9 Å². The van der Waals surface area contributed by atoms with Crippen molar-refractivity contribution < 1.29 is 19.1 Å². The van der Waals surface area contributed by atoms with Gasteiger partial charge in [0.05, 0.1) is 18.9 Å². The van der Waals surface area contributed by atoms with Crippen molar-refractivity contribution in [3.8, 4) is 0 Å². The number of carbonyl (C=O) groups excluding carboxylic acids is 3. The third-order valence-electron chi connectivity index (χ3n) is 5.28. The average molecular weight is 379 g/mol. The van der Waals surface area contributed by atoms with Crippen LogP contribution in [-0.2, 0) is 19.1 Å². The number of carbonyl (C=O) groups is 3. The topological polar surface area (TPSA) is 66.9 Å². The molecule has 1 aromatic rings. The van der Waals surface area contributed by atoms with Crippen molar-refractivity contribution >= 4 is 35.1 Å². The molecule has 0 N–H and O–H groups in total. The zero-order valence-corrected chi connectivity index (χ0v) is 15.8. The fourth-order valence-corrected chi connectivity index (χ4v) is 3.81. The van der Waals surface area contributed by atoms with E-state index in [0.717, 1.165) is 11.3 Å². The van der Waals surface area contributed by atoms with Gasteiger partial charge in [0, 0.05) is 36.8 Å². The van der Waals surface area contributed by atoms with Gasteiger partial charge in [-0.25, -0.2) is 0 Å². The van der Waals surface area contributed by atoms with Gasteiger partial charge < -0.3 is 14.5 Å². The Labute approximate surface area is 158 Å². The van der Waals surface area contributed by atoms with Crippen molar-refractivity contribution in [2.24, 2.45) is 11.8 Å². The van der Waals surface area contributed by atoms with E-state index in [0.29, 0.717) is 37.5 Å². The lowest BCUT2D eigenvalue weighted by Crippen LogP contribution is -2.43. The van der Waals surface area contributed by atoms with Gasteiger partial charge in [-0.15, -0.1) is 0 Å². The van der Waals surface area contributed by atoms with Crippen molar-refractivity contribution in [1.82, 2.24) is 4.90 Å². The van der Waals surface area contributed by atoms with E-state index in [2.05, 4.69) is 0 Å². The van der Waals surface area contributed by atoms with Crippen LogP contribution in [0.1, 0.15) is 24.8 Å². The number of hydrogen-bond acceptors (Lipinski definition) is 4. The molecule has 0 aromatic heterocycles. The summed E-state index contributed by atoms with van der Waals surface area (Å²) in [7, 11) is 1.38. The lowest BCUT2D eigenvalue weighted by Gasteiger charge is -2.32. The summed E-state index contributed by atoms with van der Waals surface area (Å²) in [6.45, 7) is 3.33. The van der Waals surface area contributed by atoms with Gasteiger partial charge in [0.2, 0.25) is 11.8 Å². The Balaban J connectivity index is 1.62. The number of anilines is 1. The molecule has 26 heavy (non-hydrogen) atoms. The van der Waals surface area contributed by atoms with E-state index in [-0.39, 0.29) is 36.0 Å². The first-order valence-electron chi connectivity index (χ1n) is 8.84. The third kappa shape index (κ3) is 3.70. The minimum Gasteiger partial charge on any atom is -0.469 e. The number of piperidine rings is 1. The molecule has 2 saturated heterocycles. The predicted octanol–water partition coefficient (Wildman–Crippen LogP) is 2.41. The highest BCUT2D eigenvalue weighted by atomic mass is 35.5. The molecule has 2 aliphatic rings. The van der Waals surface area contributed by atoms with Gasteiger partial charge in [0.25, 0.3) is 0 Å². The molecule has 0 bridgehead atoms. The number of amides is 2. The van der Waals surface area contributed by atoms with Gasteiger partial charge in [-0.1, -0.05) is 17.7 Å².